The summed E-state index contributed by atoms with van der Waals surface area (Å²) in [6.45, 7) is 5.30. The van der Waals surface area contributed by atoms with Crippen molar-refractivity contribution < 1.29 is 14.4 Å². The fraction of sp³-hybridized carbons (Fsp3) is 0.471. The number of carbonyl (C=O) groups excluding carboxylic acids is 3. The van der Waals surface area contributed by atoms with Gasteiger partial charge in [-0.3, -0.25) is 19.8 Å². The van der Waals surface area contributed by atoms with Crippen molar-refractivity contribution in [3.8, 4) is 0 Å². The van der Waals surface area contributed by atoms with Crippen molar-refractivity contribution in [2.75, 3.05) is 19.0 Å². The molecule has 4 amide bonds. The minimum atomic E-state index is -0.878. The highest BCUT2D eigenvalue weighted by atomic mass is 16.2. The van der Waals surface area contributed by atoms with Crippen LogP contribution in [0.15, 0.2) is 24.3 Å². The molecular formula is C17H23N3O3. The molecule has 23 heavy (non-hydrogen) atoms. The van der Waals surface area contributed by atoms with E-state index >= 15 is 0 Å². The van der Waals surface area contributed by atoms with Gasteiger partial charge in [0, 0.05) is 25.3 Å². The number of barbiturate groups is 1. The molecule has 1 aromatic rings. The third-order valence-electron chi connectivity index (χ3n) is 3.83. The summed E-state index contributed by atoms with van der Waals surface area (Å²) < 4.78 is 0. The van der Waals surface area contributed by atoms with E-state index < -0.39 is 29.3 Å². The number of hydrogen-bond acceptors (Lipinski definition) is 4. The number of hydrogen-bond donors (Lipinski definition) is 1. The van der Waals surface area contributed by atoms with Gasteiger partial charge in [-0.05, 0) is 44.9 Å². The summed E-state index contributed by atoms with van der Waals surface area (Å²) in [6.07, 6.45) is 0.276. The van der Waals surface area contributed by atoms with Crippen LogP contribution in [0.4, 0.5) is 10.5 Å². The maximum Gasteiger partial charge on any atom is 0.331 e. The van der Waals surface area contributed by atoms with Crippen LogP contribution < -0.4 is 10.2 Å². The van der Waals surface area contributed by atoms with Crippen LogP contribution in [0, 0.1) is 5.92 Å². The SMILES string of the molecule is CN(C)c1ccc(C[C@H]2C(=O)NC(=O)N(C(C)(C)C)C2=O)cc1. The van der Waals surface area contributed by atoms with Gasteiger partial charge in [0.05, 0.1) is 0 Å². The van der Waals surface area contributed by atoms with Gasteiger partial charge in [-0.15, -0.1) is 0 Å². The molecule has 1 atom stereocenters. The van der Waals surface area contributed by atoms with E-state index in [0.29, 0.717) is 0 Å². The fourth-order valence-corrected chi connectivity index (χ4v) is 2.60. The van der Waals surface area contributed by atoms with Crippen LogP contribution in [0.1, 0.15) is 26.3 Å². The van der Waals surface area contributed by atoms with Gasteiger partial charge in [0.25, 0.3) is 0 Å². The molecule has 1 fully saturated rings. The summed E-state index contributed by atoms with van der Waals surface area (Å²) in [4.78, 5) is 39.7. The minimum absolute atomic E-state index is 0.276. The minimum Gasteiger partial charge on any atom is -0.378 e. The molecular weight excluding hydrogens is 294 g/mol. The molecule has 1 aromatic carbocycles. The van der Waals surface area contributed by atoms with Crippen LogP contribution in [-0.4, -0.2) is 42.4 Å². The smallest absolute Gasteiger partial charge is 0.331 e. The topological polar surface area (TPSA) is 69.7 Å². The van der Waals surface area contributed by atoms with Gasteiger partial charge >= 0.3 is 6.03 Å². The van der Waals surface area contributed by atoms with Gasteiger partial charge in [0.1, 0.15) is 5.92 Å². The van der Waals surface area contributed by atoms with Gasteiger partial charge < -0.3 is 4.90 Å². The Bertz CT molecular complexity index is 629. The third-order valence-corrected chi connectivity index (χ3v) is 3.83. The number of rotatable bonds is 3. The molecule has 1 heterocycles. The number of urea groups is 1. The van der Waals surface area contributed by atoms with Gasteiger partial charge in [0.2, 0.25) is 11.8 Å². The zero-order valence-corrected chi connectivity index (χ0v) is 14.2. The zero-order chi connectivity index (χ0) is 17.4. The standard InChI is InChI=1S/C17H23N3O3/c1-17(2,3)20-15(22)13(14(21)18-16(20)23)10-11-6-8-12(9-7-11)19(4)5/h6-9,13H,10H2,1-5H3,(H,18,21,23)/t13-/m0/s1. The first kappa shape index (κ1) is 17.0. The van der Waals surface area contributed by atoms with Crippen molar-refractivity contribution in [1.29, 1.82) is 0 Å². The highest BCUT2D eigenvalue weighted by molar-refractivity contribution is 6.16. The maximum atomic E-state index is 12.6. The van der Waals surface area contributed by atoms with Gasteiger partial charge in [0.15, 0.2) is 0 Å². The Hall–Kier alpha value is -2.37. The average Bonchev–Trinajstić information content (AvgIpc) is 2.42. The number of nitrogens with zero attached hydrogens (tertiary/aromatic N) is 2. The second-order valence-electron chi connectivity index (χ2n) is 6.96. The molecule has 1 aliphatic rings. The van der Waals surface area contributed by atoms with E-state index in [1.807, 2.05) is 43.3 Å². The Morgan fingerprint density at radius 3 is 2.13 bits per heavy atom. The highest BCUT2D eigenvalue weighted by Crippen LogP contribution is 2.24. The molecule has 0 radical (unpaired) electrons. The first-order chi connectivity index (χ1) is 10.6. The van der Waals surface area contributed by atoms with Crippen LogP contribution in [0.3, 0.4) is 0 Å². The number of carbonyl (C=O) groups is 3. The Kier molecular flexibility index (Phi) is 4.45. The van der Waals surface area contributed by atoms with Crippen molar-refractivity contribution in [2.45, 2.75) is 32.7 Å². The van der Waals surface area contributed by atoms with Gasteiger partial charge in [-0.25, -0.2) is 4.79 Å². The van der Waals surface area contributed by atoms with Crippen molar-refractivity contribution in [3.05, 3.63) is 29.8 Å². The summed E-state index contributed by atoms with van der Waals surface area (Å²) in [5, 5.41) is 2.29. The molecule has 0 unspecified atom stereocenters. The normalized spacial score (nSPS) is 18.9. The largest absolute Gasteiger partial charge is 0.378 e. The van der Waals surface area contributed by atoms with Crippen LogP contribution in [-0.2, 0) is 16.0 Å². The molecule has 1 N–H and O–H groups in total. The van der Waals surface area contributed by atoms with Crippen LogP contribution in [0.5, 0.6) is 0 Å². The van der Waals surface area contributed by atoms with E-state index in [0.717, 1.165) is 16.2 Å². The molecule has 0 aromatic heterocycles. The molecule has 1 aliphatic heterocycles. The van der Waals surface area contributed by atoms with Crippen LogP contribution >= 0.6 is 0 Å². The summed E-state index contributed by atoms with van der Waals surface area (Å²) in [5.41, 5.74) is 1.25. The maximum absolute atomic E-state index is 12.6. The molecule has 0 spiro atoms. The van der Waals surface area contributed by atoms with Crippen molar-refractivity contribution >= 4 is 23.5 Å². The lowest BCUT2D eigenvalue weighted by atomic mass is 9.93. The molecule has 6 heteroatoms. The number of benzene rings is 1. The molecule has 0 bridgehead atoms. The summed E-state index contributed by atoms with van der Waals surface area (Å²) in [7, 11) is 3.89. The Labute approximate surface area is 136 Å². The van der Waals surface area contributed by atoms with Crippen molar-refractivity contribution in [1.82, 2.24) is 10.2 Å². The first-order valence-electron chi connectivity index (χ1n) is 7.56. The quantitative estimate of drug-likeness (QED) is 0.863. The van der Waals surface area contributed by atoms with Crippen molar-refractivity contribution in [3.63, 3.8) is 0 Å². The number of anilines is 1. The molecule has 124 valence electrons. The Balaban J connectivity index is 2.22. The van der Waals surface area contributed by atoms with Crippen LogP contribution in [0.25, 0.3) is 0 Å². The van der Waals surface area contributed by atoms with E-state index in [9.17, 15) is 14.4 Å². The Morgan fingerprint density at radius 1 is 1.09 bits per heavy atom. The summed E-state index contributed by atoms with van der Waals surface area (Å²) in [5.74, 6) is -1.85. The summed E-state index contributed by atoms with van der Waals surface area (Å²) in [6, 6.07) is 7.02. The zero-order valence-electron chi connectivity index (χ0n) is 14.2. The van der Waals surface area contributed by atoms with Gasteiger partial charge in [-0.2, -0.15) is 0 Å². The lowest BCUT2D eigenvalue weighted by Gasteiger charge is -2.38. The number of amides is 4. The average molecular weight is 317 g/mol. The Morgan fingerprint density at radius 2 is 1.65 bits per heavy atom. The number of imide groups is 2. The summed E-state index contributed by atoms with van der Waals surface area (Å²) >= 11 is 0. The highest BCUT2D eigenvalue weighted by Gasteiger charge is 2.44. The van der Waals surface area contributed by atoms with E-state index in [4.69, 9.17) is 0 Å². The fourth-order valence-electron chi connectivity index (χ4n) is 2.60. The van der Waals surface area contributed by atoms with E-state index in [-0.39, 0.29) is 6.42 Å². The third kappa shape index (κ3) is 3.52. The molecule has 1 saturated heterocycles. The molecule has 0 saturated carbocycles. The van der Waals surface area contributed by atoms with Crippen LogP contribution in [0.2, 0.25) is 0 Å². The number of nitrogens with one attached hydrogen (secondary N) is 1. The predicted octanol–water partition coefficient (Wildman–Crippen LogP) is 1.79. The van der Waals surface area contributed by atoms with Gasteiger partial charge in [-0.1, -0.05) is 12.1 Å². The van der Waals surface area contributed by atoms with E-state index in [1.165, 1.54) is 0 Å². The second-order valence-corrected chi connectivity index (χ2v) is 6.96. The lowest BCUT2D eigenvalue weighted by molar-refractivity contribution is -0.145. The first-order valence-corrected chi connectivity index (χ1v) is 7.56. The molecule has 2 rings (SSSR count). The second kappa shape index (κ2) is 6.02. The lowest BCUT2D eigenvalue weighted by Crippen LogP contribution is -2.63. The van der Waals surface area contributed by atoms with E-state index in [2.05, 4.69) is 5.32 Å². The van der Waals surface area contributed by atoms with Crippen molar-refractivity contribution in [2.24, 2.45) is 5.92 Å². The predicted molar refractivity (Wildman–Crippen MR) is 88.1 cm³/mol. The van der Waals surface area contributed by atoms with E-state index in [1.54, 1.807) is 20.8 Å². The molecule has 0 aliphatic carbocycles. The molecule has 6 nitrogen and oxygen atoms in total. The monoisotopic (exact) mass is 317 g/mol.